The first-order valence-electron chi connectivity index (χ1n) is 6.63. The zero-order chi connectivity index (χ0) is 15.2. The zero-order valence-electron chi connectivity index (χ0n) is 12.1. The van der Waals surface area contributed by atoms with Crippen LogP contribution in [0.5, 0.6) is 5.75 Å². The lowest BCUT2D eigenvalue weighted by atomic mass is 10.1. The number of hydrogen-bond donors (Lipinski definition) is 2. The predicted octanol–water partition coefficient (Wildman–Crippen LogP) is 3.44. The number of nitrogens with two attached hydrogens (primary N) is 1. The van der Waals surface area contributed by atoms with Gasteiger partial charge < -0.3 is 4.74 Å². The maximum absolute atomic E-state index is 13.8. The Kier molecular flexibility index (Phi) is 5.61. The molecule has 1 atom stereocenters. The molecule has 3 nitrogen and oxygen atoms in total. The van der Waals surface area contributed by atoms with E-state index in [4.69, 9.17) is 10.6 Å². The number of hydrazine groups is 1. The third-order valence-electron chi connectivity index (χ3n) is 3.28. The number of ether oxygens (including phenoxy) is 1. The van der Waals surface area contributed by atoms with Crippen molar-refractivity contribution in [3.8, 4) is 5.75 Å². The van der Waals surface area contributed by atoms with Crippen molar-refractivity contribution in [2.45, 2.75) is 17.9 Å². The summed E-state index contributed by atoms with van der Waals surface area (Å²) in [6, 6.07) is 12.9. The lowest BCUT2D eigenvalue weighted by Crippen LogP contribution is -2.29. The van der Waals surface area contributed by atoms with E-state index in [-0.39, 0.29) is 17.6 Å². The van der Waals surface area contributed by atoms with Gasteiger partial charge in [-0.1, -0.05) is 24.3 Å². The Morgan fingerprint density at radius 2 is 2.05 bits per heavy atom. The molecule has 5 heteroatoms. The normalized spacial score (nSPS) is 12.2. The van der Waals surface area contributed by atoms with E-state index in [1.165, 1.54) is 23.6 Å². The predicted molar refractivity (Wildman–Crippen MR) is 84.9 cm³/mol. The summed E-state index contributed by atoms with van der Waals surface area (Å²) in [6.07, 6.45) is 0. The van der Waals surface area contributed by atoms with Crippen molar-refractivity contribution in [3.05, 3.63) is 59.4 Å². The SMILES string of the molecule is COc1ccc(C(CSc2ccccc2C)NN)cc1F. The highest BCUT2D eigenvalue weighted by Gasteiger charge is 2.13. The Labute approximate surface area is 128 Å². The third kappa shape index (κ3) is 3.97. The molecule has 0 saturated carbocycles. The Bertz CT molecular complexity index is 607. The molecule has 2 aromatic carbocycles. The van der Waals surface area contributed by atoms with Crippen molar-refractivity contribution in [2.24, 2.45) is 5.84 Å². The van der Waals surface area contributed by atoms with Crippen molar-refractivity contribution >= 4 is 11.8 Å². The second-order valence-electron chi connectivity index (χ2n) is 4.69. The smallest absolute Gasteiger partial charge is 0.165 e. The van der Waals surface area contributed by atoms with Crippen LogP contribution in [-0.2, 0) is 0 Å². The molecule has 2 aromatic rings. The van der Waals surface area contributed by atoms with Gasteiger partial charge in [0.05, 0.1) is 13.2 Å². The summed E-state index contributed by atoms with van der Waals surface area (Å²) in [7, 11) is 1.45. The van der Waals surface area contributed by atoms with E-state index in [0.717, 1.165) is 5.56 Å². The number of aryl methyl sites for hydroxylation is 1. The minimum Gasteiger partial charge on any atom is -0.494 e. The molecule has 112 valence electrons. The van der Waals surface area contributed by atoms with Crippen molar-refractivity contribution in [1.29, 1.82) is 0 Å². The number of halogens is 1. The van der Waals surface area contributed by atoms with E-state index in [9.17, 15) is 4.39 Å². The minimum atomic E-state index is -0.379. The van der Waals surface area contributed by atoms with Gasteiger partial charge in [0.2, 0.25) is 0 Å². The number of nitrogens with one attached hydrogen (secondary N) is 1. The molecule has 0 aliphatic carbocycles. The van der Waals surface area contributed by atoms with E-state index in [2.05, 4.69) is 24.5 Å². The van der Waals surface area contributed by atoms with Crippen LogP contribution in [-0.4, -0.2) is 12.9 Å². The van der Waals surface area contributed by atoms with Crippen LogP contribution in [0.2, 0.25) is 0 Å². The van der Waals surface area contributed by atoms with Gasteiger partial charge in [-0.3, -0.25) is 11.3 Å². The average molecular weight is 306 g/mol. The molecular weight excluding hydrogens is 287 g/mol. The highest BCUT2D eigenvalue weighted by Crippen LogP contribution is 2.28. The fourth-order valence-electron chi connectivity index (χ4n) is 2.03. The lowest BCUT2D eigenvalue weighted by molar-refractivity contribution is 0.385. The maximum Gasteiger partial charge on any atom is 0.165 e. The maximum atomic E-state index is 13.8. The monoisotopic (exact) mass is 306 g/mol. The van der Waals surface area contributed by atoms with Crippen molar-refractivity contribution < 1.29 is 9.13 Å². The first kappa shape index (κ1) is 15.8. The van der Waals surface area contributed by atoms with Gasteiger partial charge in [0.25, 0.3) is 0 Å². The van der Waals surface area contributed by atoms with Crippen LogP contribution in [0.25, 0.3) is 0 Å². The standard InChI is InChI=1S/C16H19FN2OS/c1-11-5-3-4-6-16(11)21-10-14(19-18)12-7-8-15(20-2)13(17)9-12/h3-9,14,19H,10,18H2,1-2H3. The molecule has 2 rings (SSSR count). The Morgan fingerprint density at radius 1 is 1.29 bits per heavy atom. The molecule has 0 spiro atoms. The van der Waals surface area contributed by atoms with Gasteiger partial charge in [-0.25, -0.2) is 4.39 Å². The highest BCUT2D eigenvalue weighted by molar-refractivity contribution is 7.99. The summed E-state index contributed by atoms with van der Waals surface area (Å²) in [4.78, 5) is 1.20. The summed E-state index contributed by atoms with van der Waals surface area (Å²) < 4.78 is 18.7. The lowest BCUT2D eigenvalue weighted by Gasteiger charge is -2.17. The van der Waals surface area contributed by atoms with Crippen molar-refractivity contribution in [1.82, 2.24) is 5.43 Å². The van der Waals surface area contributed by atoms with Gasteiger partial charge in [0, 0.05) is 10.6 Å². The zero-order valence-corrected chi connectivity index (χ0v) is 12.9. The van der Waals surface area contributed by atoms with E-state index in [0.29, 0.717) is 5.75 Å². The van der Waals surface area contributed by atoms with E-state index >= 15 is 0 Å². The molecule has 3 N–H and O–H groups in total. The van der Waals surface area contributed by atoms with Gasteiger partial charge in [-0.05, 0) is 36.2 Å². The Hall–Kier alpha value is -1.56. The third-order valence-corrected chi connectivity index (χ3v) is 4.55. The van der Waals surface area contributed by atoms with Gasteiger partial charge in [0.15, 0.2) is 11.6 Å². The number of hydrogen-bond acceptors (Lipinski definition) is 4. The molecule has 0 heterocycles. The van der Waals surface area contributed by atoms with Gasteiger partial charge in [-0.15, -0.1) is 11.8 Å². The first-order chi connectivity index (χ1) is 10.2. The number of benzene rings is 2. The van der Waals surface area contributed by atoms with Gasteiger partial charge in [0.1, 0.15) is 0 Å². The fraction of sp³-hybridized carbons (Fsp3) is 0.250. The number of thioether (sulfide) groups is 1. The molecule has 0 aliphatic heterocycles. The van der Waals surface area contributed by atoms with Crippen LogP contribution in [0.3, 0.4) is 0 Å². The molecule has 21 heavy (non-hydrogen) atoms. The molecule has 0 aromatic heterocycles. The molecule has 0 fully saturated rings. The minimum absolute atomic E-state index is 0.130. The molecule has 0 amide bonds. The van der Waals surface area contributed by atoms with Gasteiger partial charge >= 0.3 is 0 Å². The molecule has 1 unspecified atom stereocenters. The summed E-state index contributed by atoms with van der Waals surface area (Å²) in [5.41, 5.74) is 4.77. The average Bonchev–Trinajstić information content (AvgIpc) is 2.50. The molecule has 0 saturated heterocycles. The summed E-state index contributed by atoms with van der Waals surface area (Å²) >= 11 is 1.69. The van der Waals surface area contributed by atoms with Crippen LogP contribution < -0.4 is 16.0 Å². The van der Waals surface area contributed by atoms with E-state index in [1.54, 1.807) is 17.8 Å². The number of rotatable bonds is 6. The number of methoxy groups -OCH3 is 1. The largest absolute Gasteiger partial charge is 0.494 e. The van der Waals surface area contributed by atoms with Crippen molar-refractivity contribution in [3.63, 3.8) is 0 Å². The summed E-state index contributed by atoms with van der Waals surface area (Å²) in [5, 5.41) is 0. The van der Waals surface area contributed by atoms with Crippen LogP contribution >= 0.6 is 11.8 Å². The Morgan fingerprint density at radius 3 is 2.67 bits per heavy atom. The molecule has 0 bridgehead atoms. The topological polar surface area (TPSA) is 47.3 Å². The Balaban J connectivity index is 2.10. The van der Waals surface area contributed by atoms with E-state index in [1.807, 2.05) is 18.2 Å². The molecule has 0 radical (unpaired) electrons. The van der Waals surface area contributed by atoms with Crippen LogP contribution in [0.1, 0.15) is 17.2 Å². The fourth-order valence-corrected chi connectivity index (χ4v) is 3.14. The van der Waals surface area contributed by atoms with E-state index < -0.39 is 0 Å². The summed E-state index contributed by atoms with van der Waals surface area (Å²) in [6.45, 7) is 2.07. The first-order valence-corrected chi connectivity index (χ1v) is 7.62. The second kappa shape index (κ2) is 7.45. The van der Waals surface area contributed by atoms with Crippen LogP contribution in [0.15, 0.2) is 47.4 Å². The second-order valence-corrected chi connectivity index (χ2v) is 5.75. The van der Waals surface area contributed by atoms with Gasteiger partial charge in [-0.2, -0.15) is 0 Å². The van der Waals surface area contributed by atoms with Crippen LogP contribution in [0.4, 0.5) is 4.39 Å². The molecule has 0 aliphatic rings. The highest BCUT2D eigenvalue weighted by atomic mass is 32.2. The quantitative estimate of drug-likeness (QED) is 0.487. The van der Waals surface area contributed by atoms with Crippen molar-refractivity contribution in [2.75, 3.05) is 12.9 Å². The molecular formula is C16H19FN2OS. The summed E-state index contributed by atoms with van der Waals surface area (Å²) in [5.74, 6) is 6.18. The van der Waals surface area contributed by atoms with Crippen LogP contribution in [0, 0.1) is 12.7 Å².